The molecule has 2 rings (SSSR count). The lowest BCUT2D eigenvalue weighted by Gasteiger charge is -2.14. The molecule has 0 bridgehead atoms. The van der Waals surface area contributed by atoms with E-state index in [0.717, 1.165) is 11.6 Å². The average Bonchev–Trinajstić information content (AvgIpc) is 2.60. The van der Waals surface area contributed by atoms with Gasteiger partial charge in [0.2, 0.25) is 0 Å². The first-order valence-corrected chi connectivity index (χ1v) is 7.44. The zero-order valence-electron chi connectivity index (χ0n) is 13.5. The molecule has 3 N–H and O–H groups in total. The molecule has 0 aromatic heterocycles. The van der Waals surface area contributed by atoms with Crippen LogP contribution in [-0.2, 0) is 9.53 Å². The number of carbonyl (C=O) groups excluding carboxylic acids is 2. The highest BCUT2D eigenvalue weighted by molar-refractivity contribution is 5.92. The quantitative estimate of drug-likeness (QED) is 0.358. The largest absolute Gasteiger partial charge is 0.452 e. The summed E-state index contributed by atoms with van der Waals surface area (Å²) >= 11 is 0. The van der Waals surface area contributed by atoms with Crippen molar-refractivity contribution in [3.63, 3.8) is 0 Å². The molecule has 0 aliphatic carbocycles. The smallest absolute Gasteiger partial charge is 0.338 e. The summed E-state index contributed by atoms with van der Waals surface area (Å²) in [6, 6.07) is 12.6. The van der Waals surface area contributed by atoms with Crippen molar-refractivity contribution in [2.75, 3.05) is 12.3 Å². The fourth-order valence-electron chi connectivity index (χ4n) is 2.15. The van der Waals surface area contributed by atoms with E-state index in [2.05, 4.69) is 5.32 Å². The molecular formula is C17H17N3O5. The number of esters is 1. The zero-order valence-corrected chi connectivity index (χ0v) is 13.5. The second kappa shape index (κ2) is 7.91. The Labute approximate surface area is 143 Å². The second-order valence-electron chi connectivity index (χ2n) is 5.31. The molecule has 0 saturated carbocycles. The summed E-state index contributed by atoms with van der Waals surface area (Å²) in [5.74, 6) is -1.32. The number of nitro benzene ring substituents is 1. The van der Waals surface area contributed by atoms with Crippen LogP contribution in [0.1, 0.15) is 28.9 Å². The number of nitrogen functional groups attached to an aromatic ring is 1. The van der Waals surface area contributed by atoms with Crippen LogP contribution < -0.4 is 11.1 Å². The van der Waals surface area contributed by atoms with Gasteiger partial charge in [-0.1, -0.05) is 30.3 Å². The van der Waals surface area contributed by atoms with Crippen LogP contribution in [0, 0.1) is 10.1 Å². The lowest BCUT2D eigenvalue weighted by atomic mass is 10.1. The molecule has 2 aromatic rings. The van der Waals surface area contributed by atoms with Crippen molar-refractivity contribution in [3.05, 3.63) is 69.8 Å². The third kappa shape index (κ3) is 4.77. The molecule has 0 spiro atoms. The number of carbonyl (C=O) groups is 2. The molecule has 2 aromatic carbocycles. The van der Waals surface area contributed by atoms with Gasteiger partial charge in [0.15, 0.2) is 6.61 Å². The van der Waals surface area contributed by atoms with Gasteiger partial charge in [-0.2, -0.15) is 0 Å². The Balaban J connectivity index is 1.92. The number of ether oxygens (including phenoxy) is 1. The molecule has 25 heavy (non-hydrogen) atoms. The summed E-state index contributed by atoms with van der Waals surface area (Å²) in [5, 5.41) is 13.5. The fraction of sp³-hybridized carbons (Fsp3) is 0.176. The van der Waals surface area contributed by atoms with E-state index >= 15 is 0 Å². The van der Waals surface area contributed by atoms with Crippen molar-refractivity contribution in [3.8, 4) is 0 Å². The van der Waals surface area contributed by atoms with E-state index in [1.54, 1.807) is 6.92 Å². The van der Waals surface area contributed by atoms with Gasteiger partial charge in [-0.3, -0.25) is 14.9 Å². The lowest BCUT2D eigenvalue weighted by Crippen LogP contribution is -2.31. The van der Waals surface area contributed by atoms with Crippen LogP contribution in [0.15, 0.2) is 48.5 Å². The first kappa shape index (κ1) is 17.9. The topological polar surface area (TPSA) is 125 Å². The molecule has 130 valence electrons. The molecule has 0 fully saturated rings. The van der Waals surface area contributed by atoms with Crippen LogP contribution in [0.2, 0.25) is 0 Å². The van der Waals surface area contributed by atoms with E-state index in [9.17, 15) is 19.7 Å². The Morgan fingerprint density at radius 1 is 1.24 bits per heavy atom. The molecule has 1 atom stereocenters. The summed E-state index contributed by atoms with van der Waals surface area (Å²) in [4.78, 5) is 33.9. The van der Waals surface area contributed by atoms with E-state index in [-0.39, 0.29) is 17.3 Å². The predicted molar refractivity (Wildman–Crippen MR) is 90.8 cm³/mol. The molecule has 8 heteroatoms. The van der Waals surface area contributed by atoms with Gasteiger partial charge in [-0.05, 0) is 24.6 Å². The summed E-state index contributed by atoms with van der Waals surface area (Å²) in [5.41, 5.74) is 5.88. The third-order valence-electron chi connectivity index (χ3n) is 3.47. The van der Waals surface area contributed by atoms with Crippen LogP contribution in [0.25, 0.3) is 0 Å². The number of nitrogens with zero attached hydrogens (tertiary/aromatic N) is 1. The highest BCUT2D eigenvalue weighted by atomic mass is 16.6. The summed E-state index contributed by atoms with van der Waals surface area (Å²) in [6.07, 6.45) is 0. The average molecular weight is 343 g/mol. The van der Waals surface area contributed by atoms with E-state index in [4.69, 9.17) is 10.5 Å². The number of nitrogens with one attached hydrogen (secondary N) is 1. The highest BCUT2D eigenvalue weighted by Gasteiger charge is 2.18. The zero-order chi connectivity index (χ0) is 18.4. The Hall–Kier alpha value is -3.42. The van der Waals surface area contributed by atoms with Crippen molar-refractivity contribution in [1.29, 1.82) is 0 Å². The minimum absolute atomic E-state index is 0.0511. The number of nitro groups is 1. The van der Waals surface area contributed by atoms with Crippen LogP contribution in [0.5, 0.6) is 0 Å². The Morgan fingerprint density at radius 2 is 1.92 bits per heavy atom. The van der Waals surface area contributed by atoms with E-state index < -0.39 is 29.1 Å². The van der Waals surface area contributed by atoms with Crippen molar-refractivity contribution in [2.45, 2.75) is 13.0 Å². The predicted octanol–water partition coefficient (Wildman–Crippen LogP) is 2.21. The summed E-state index contributed by atoms with van der Waals surface area (Å²) in [6.45, 7) is 1.31. The second-order valence-corrected chi connectivity index (χ2v) is 5.31. The maximum absolute atomic E-state index is 11.9. The third-order valence-corrected chi connectivity index (χ3v) is 3.47. The minimum atomic E-state index is -0.842. The van der Waals surface area contributed by atoms with E-state index in [1.807, 2.05) is 30.3 Å². The Morgan fingerprint density at radius 3 is 2.56 bits per heavy atom. The molecule has 0 aliphatic heterocycles. The standard InChI is InChI=1S/C17H17N3O5/c1-11(12-5-3-2-4-6-12)19-16(21)10-25-17(22)13-7-8-14(18)15(9-13)20(23)24/h2-9,11H,10,18H2,1H3,(H,19,21)/t11-/m0/s1. The van der Waals surface area contributed by atoms with Crippen LogP contribution >= 0.6 is 0 Å². The molecule has 0 saturated heterocycles. The number of hydrogen-bond donors (Lipinski definition) is 2. The number of amides is 1. The monoisotopic (exact) mass is 343 g/mol. The molecule has 8 nitrogen and oxygen atoms in total. The maximum atomic E-state index is 11.9. The van der Waals surface area contributed by atoms with Crippen LogP contribution in [-0.4, -0.2) is 23.4 Å². The molecule has 1 amide bonds. The summed E-state index contributed by atoms with van der Waals surface area (Å²) in [7, 11) is 0. The number of hydrogen-bond acceptors (Lipinski definition) is 6. The number of rotatable bonds is 6. The van der Waals surface area contributed by atoms with E-state index in [1.165, 1.54) is 12.1 Å². The van der Waals surface area contributed by atoms with Gasteiger partial charge in [0, 0.05) is 6.07 Å². The van der Waals surface area contributed by atoms with Gasteiger partial charge in [-0.15, -0.1) is 0 Å². The maximum Gasteiger partial charge on any atom is 0.338 e. The molecule has 0 aliphatic rings. The van der Waals surface area contributed by atoms with Gasteiger partial charge >= 0.3 is 5.97 Å². The summed E-state index contributed by atoms with van der Waals surface area (Å²) < 4.78 is 4.89. The lowest BCUT2D eigenvalue weighted by molar-refractivity contribution is -0.383. The molecule has 0 radical (unpaired) electrons. The first-order chi connectivity index (χ1) is 11.9. The molecular weight excluding hydrogens is 326 g/mol. The Kier molecular flexibility index (Phi) is 5.67. The van der Waals surface area contributed by atoms with Crippen molar-refractivity contribution < 1.29 is 19.2 Å². The molecule has 0 unspecified atom stereocenters. The van der Waals surface area contributed by atoms with Gasteiger partial charge in [0.25, 0.3) is 11.6 Å². The SMILES string of the molecule is C[C@H](NC(=O)COC(=O)c1ccc(N)c([N+](=O)[O-])c1)c1ccccc1. The van der Waals surface area contributed by atoms with Crippen molar-refractivity contribution >= 4 is 23.3 Å². The van der Waals surface area contributed by atoms with Gasteiger partial charge < -0.3 is 15.8 Å². The highest BCUT2D eigenvalue weighted by Crippen LogP contribution is 2.22. The first-order valence-electron chi connectivity index (χ1n) is 7.44. The van der Waals surface area contributed by atoms with Crippen LogP contribution in [0.4, 0.5) is 11.4 Å². The molecule has 0 heterocycles. The minimum Gasteiger partial charge on any atom is -0.452 e. The van der Waals surface area contributed by atoms with Gasteiger partial charge in [-0.25, -0.2) is 4.79 Å². The van der Waals surface area contributed by atoms with Gasteiger partial charge in [0.05, 0.1) is 16.5 Å². The van der Waals surface area contributed by atoms with Gasteiger partial charge in [0.1, 0.15) is 5.69 Å². The van der Waals surface area contributed by atoms with Crippen molar-refractivity contribution in [1.82, 2.24) is 5.32 Å². The Bertz CT molecular complexity index is 792. The number of nitrogens with two attached hydrogens (primary N) is 1. The number of benzene rings is 2. The fourth-order valence-corrected chi connectivity index (χ4v) is 2.15. The van der Waals surface area contributed by atoms with Crippen molar-refractivity contribution in [2.24, 2.45) is 0 Å². The normalized spacial score (nSPS) is 11.4. The van der Waals surface area contributed by atoms with Crippen LogP contribution in [0.3, 0.4) is 0 Å². The van der Waals surface area contributed by atoms with E-state index in [0.29, 0.717) is 0 Å². The number of anilines is 1.